The van der Waals surface area contributed by atoms with Crippen molar-refractivity contribution in [2.75, 3.05) is 16.8 Å². The number of anilines is 3. The lowest BCUT2D eigenvalue weighted by molar-refractivity contribution is 0.699. The molecule has 0 saturated heterocycles. The zero-order valence-corrected chi connectivity index (χ0v) is 9.54. The molecule has 2 aliphatic heterocycles. The Labute approximate surface area is 99.5 Å². The Morgan fingerprint density at radius 2 is 2.12 bits per heavy atom. The van der Waals surface area contributed by atoms with Gasteiger partial charge >= 0.3 is 0 Å². The Bertz CT molecular complexity index is 595. The molecule has 0 aliphatic carbocycles. The standard InChI is InChI=1S/C13H12N4/c1-16-12-6-9-4-2-3-5-10(9)17(12)11-7-14-8-15-13(11)16/h2-5,7-8,12H,6H2,1H3. The predicted molar refractivity (Wildman–Crippen MR) is 66.5 cm³/mol. The molecule has 0 bridgehead atoms. The summed E-state index contributed by atoms with van der Waals surface area (Å²) >= 11 is 0. The maximum atomic E-state index is 4.37. The largest absolute Gasteiger partial charge is 0.337 e. The summed E-state index contributed by atoms with van der Waals surface area (Å²) in [6.07, 6.45) is 4.92. The summed E-state index contributed by atoms with van der Waals surface area (Å²) in [6.45, 7) is 0. The van der Waals surface area contributed by atoms with Crippen LogP contribution in [0.1, 0.15) is 5.56 Å². The van der Waals surface area contributed by atoms with Crippen molar-refractivity contribution in [1.82, 2.24) is 9.97 Å². The van der Waals surface area contributed by atoms with Crippen LogP contribution in [0.25, 0.3) is 0 Å². The highest BCUT2D eigenvalue weighted by Gasteiger charge is 2.41. The van der Waals surface area contributed by atoms with E-state index < -0.39 is 0 Å². The van der Waals surface area contributed by atoms with E-state index in [0.29, 0.717) is 6.17 Å². The quantitative estimate of drug-likeness (QED) is 0.684. The number of nitrogens with zero attached hydrogens (tertiary/aromatic N) is 4. The summed E-state index contributed by atoms with van der Waals surface area (Å²) in [6, 6.07) is 8.56. The molecule has 0 N–H and O–H groups in total. The van der Waals surface area contributed by atoms with Gasteiger partial charge in [-0.25, -0.2) is 9.97 Å². The number of fused-ring (bicyclic) bond motifs is 5. The Hall–Kier alpha value is -2.10. The van der Waals surface area contributed by atoms with Gasteiger partial charge in [0.05, 0.1) is 6.20 Å². The Morgan fingerprint density at radius 3 is 3.06 bits per heavy atom. The molecule has 84 valence electrons. The molecule has 0 radical (unpaired) electrons. The lowest BCUT2D eigenvalue weighted by atomic mass is 10.1. The highest BCUT2D eigenvalue weighted by molar-refractivity contribution is 5.84. The van der Waals surface area contributed by atoms with Gasteiger partial charge in [-0.05, 0) is 11.6 Å². The van der Waals surface area contributed by atoms with Crippen molar-refractivity contribution in [1.29, 1.82) is 0 Å². The topological polar surface area (TPSA) is 32.3 Å². The molecule has 4 nitrogen and oxygen atoms in total. The minimum absolute atomic E-state index is 0.360. The fourth-order valence-electron chi connectivity index (χ4n) is 2.87. The zero-order valence-electron chi connectivity index (χ0n) is 9.54. The number of hydrogen-bond acceptors (Lipinski definition) is 4. The van der Waals surface area contributed by atoms with Gasteiger partial charge in [0.1, 0.15) is 18.2 Å². The van der Waals surface area contributed by atoms with E-state index in [0.717, 1.165) is 17.9 Å². The second kappa shape index (κ2) is 2.97. The van der Waals surface area contributed by atoms with Crippen molar-refractivity contribution in [3.05, 3.63) is 42.4 Å². The molecule has 0 spiro atoms. The molecule has 1 aromatic carbocycles. The van der Waals surface area contributed by atoms with E-state index in [1.165, 1.54) is 11.3 Å². The van der Waals surface area contributed by atoms with Gasteiger partial charge in [-0.1, -0.05) is 18.2 Å². The van der Waals surface area contributed by atoms with Gasteiger partial charge in [-0.3, -0.25) is 0 Å². The third-order valence-corrected chi connectivity index (χ3v) is 3.66. The average Bonchev–Trinajstić information content (AvgIpc) is 2.88. The maximum absolute atomic E-state index is 4.37. The van der Waals surface area contributed by atoms with E-state index in [2.05, 4.69) is 51.1 Å². The number of likely N-dealkylation sites (N-methyl/N-ethyl adjacent to an activating group) is 1. The first-order chi connectivity index (χ1) is 8.36. The van der Waals surface area contributed by atoms with E-state index in [1.54, 1.807) is 6.33 Å². The fraction of sp³-hybridized carbons (Fsp3) is 0.231. The highest BCUT2D eigenvalue weighted by Crippen LogP contribution is 2.47. The fourth-order valence-corrected chi connectivity index (χ4v) is 2.87. The van der Waals surface area contributed by atoms with Crippen LogP contribution in [-0.2, 0) is 6.42 Å². The molecule has 1 atom stereocenters. The molecule has 4 rings (SSSR count). The molecular weight excluding hydrogens is 212 g/mol. The molecule has 17 heavy (non-hydrogen) atoms. The summed E-state index contributed by atoms with van der Waals surface area (Å²) in [7, 11) is 2.10. The smallest absolute Gasteiger partial charge is 0.157 e. The number of aromatic nitrogens is 2. The van der Waals surface area contributed by atoms with Gasteiger partial charge < -0.3 is 9.80 Å². The second-order valence-corrected chi connectivity index (χ2v) is 4.53. The van der Waals surface area contributed by atoms with Crippen molar-refractivity contribution in [3.63, 3.8) is 0 Å². The number of benzene rings is 1. The van der Waals surface area contributed by atoms with E-state index in [1.807, 2.05) is 6.20 Å². The summed E-state index contributed by atoms with van der Waals surface area (Å²) < 4.78 is 0. The molecule has 4 heteroatoms. The minimum atomic E-state index is 0.360. The summed E-state index contributed by atoms with van der Waals surface area (Å²) in [5.41, 5.74) is 3.81. The Balaban J connectivity index is 1.95. The Kier molecular flexibility index (Phi) is 1.57. The van der Waals surface area contributed by atoms with Gasteiger partial charge in [0, 0.05) is 19.2 Å². The van der Waals surface area contributed by atoms with Crippen LogP contribution in [0.4, 0.5) is 17.2 Å². The number of rotatable bonds is 0. The summed E-state index contributed by atoms with van der Waals surface area (Å²) in [5, 5.41) is 0. The van der Waals surface area contributed by atoms with Crippen LogP contribution < -0.4 is 9.80 Å². The normalized spacial score (nSPS) is 20.2. The second-order valence-electron chi connectivity index (χ2n) is 4.53. The molecule has 2 aliphatic rings. The monoisotopic (exact) mass is 224 g/mol. The van der Waals surface area contributed by atoms with Crippen LogP contribution in [-0.4, -0.2) is 23.2 Å². The maximum Gasteiger partial charge on any atom is 0.157 e. The van der Waals surface area contributed by atoms with Crippen LogP contribution in [0.3, 0.4) is 0 Å². The number of para-hydroxylation sites is 1. The van der Waals surface area contributed by atoms with Gasteiger partial charge in [0.2, 0.25) is 0 Å². The van der Waals surface area contributed by atoms with Crippen molar-refractivity contribution in [3.8, 4) is 0 Å². The van der Waals surface area contributed by atoms with Crippen molar-refractivity contribution in [2.45, 2.75) is 12.6 Å². The van der Waals surface area contributed by atoms with Crippen molar-refractivity contribution >= 4 is 17.2 Å². The lowest BCUT2D eigenvalue weighted by Gasteiger charge is -2.22. The van der Waals surface area contributed by atoms with E-state index in [4.69, 9.17) is 0 Å². The number of hydrogen-bond donors (Lipinski definition) is 0. The van der Waals surface area contributed by atoms with Crippen molar-refractivity contribution < 1.29 is 0 Å². The van der Waals surface area contributed by atoms with Crippen LogP contribution in [0.2, 0.25) is 0 Å². The molecule has 3 heterocycles. The first-order valence-electron chi connectivity index (χ1n) is 5.76. The molecule has 1 aromatic heterocycles. The summed E-state index contributed by atoms with van der Waals surface area (Å²) in [5.74, 6) is 1.03. The molecule has 0 fully saturated rings. The molecular formula is C13H12N4. The minimum Gasteiger partial charge on any atom is -0.337 e. The van der Waals surface area contributed by atoms with E-state index >= 15 is 0 Å². The van der Waals surface area contributed by atoms with Crippen LogP contribution >= 0.6 is 0 Å². The predicted octanol–water partition coefficient (Wildman–Crippen LogP) is 1.95. The van der Waals surface area contributed by atoms with Crippen LogP contribution in [0, 0.1) is 0 Å². The summed E-state index contributed by atoms with van der Waals surface area (Å²) in [4.78, 5) is 13.1. The van der Waals surface area contributed by atoms with Crippen LogP contribution in [0.5, 0.6) is 0 Å². The SMILES string of the molecule is CN1c2ncncc2N2c3ccccc3CC12. The van der Waals surface area contributed by atoms with Gasteiger partial charge in [0.15, 0.2) is 5.82 Å². The van der Waals surface area contributed by atoms with E-state index in [9.17, 15) is 0 Å². The molecule has 0 amide bonds. The Morgan fingerprint density at radius 1 is 1.24 bits per heavy atom. The lowest BCUT2D eigenvalue weighted by Crippen LogP contribution is -2.36. The third-order valence-electron chi connectivity index (χ3n) is 3.66. The van der Waals surface area contributed by atoms with Gasteiger partial charge in [0.25, 0.3) is 0 Å². The third kappa shape index (κ3) is 1.02. The zero-order chi connectivity index (χ0) is 11.4. The van der Waals surface area contributed by atoms with Crippen molar-refractivity contribution in [2.24, 2.45) is 0 Å². The van der Waals surface area contributed by atoms with Gasteiger partial charge in [-0.2, -0.15) is 0 Å². The first-order valence-corrected chi connectivity index (χ1v) is 5.76. The average molecular weight is 224 g/mol. The molecule has 0 saturated carbocycles. The molecule has 1 unspecified atom stereocenters. The highest BCUT2D eigenvalue weighted by atomic mass is 15.4. The molecule has 2 aromatic rings. The van der Waals surface area contributed by atoms with E-state index in [-0.39, 0.29) is 0 Å². The van der Waals surface area contributed by atoms with Gasteiger partial charge in [-0.15, -0.1) is 0 Å². The van der Waals surface area contributed by atoms with Crippen LogP contribution in [0.15, 0.2) is 36.8 Å². The first kappa shape index (κ1) is 8.98.